The Hall–Kier alpha value is -2.31. The van der Waals surface area contributed by atoms with E-state index in [1.807, 2.05) is 0 Å². The summed E-state index contributed by atoms with van der Waals surface area (Å²) >= 11 is 0. The van der Waals surface area contributed by atoms with Gasteiger partial charge in [-0.25, -0.2) is 4.79 Å². The normalized spacial score (nSPS) is 26.0. The summed E-state index contributed by atoms with van der Waals surface area (Å²) in [6.07, 6.45) is 3.99. The first-order chi connectivity index (χ1) is 7.56. The van der Waals surface area contributed by atoms with Gasteiger partial charge in [-0.2, -0.15) is 0 Å². The molecule has 1 heterocycles. The van der Waals surface area contributed by atoms with Gasteiger partial charge in [-0.1, -0.05) is 12.2 Å². The van der Waals surface area contributed by atoms with Crippen LogP contribution in [0.1, 0.15) is 6.42 Å². The third-order valence-corrected chi connectivity index (χ3v) is 2.31. The van der Waals surface area contributed by atoms with Crippen LogP contribution in [-0.4, -0.2) is 33.4 Å². The lowest BCUT2D eigenvalue weighted by Crippen LogP contribution is -2.43. The van der Waals surface area contributed by atoms with Gasteiger partial charge >= 0.3 is 11.9 Å². The van der Waals surface area contributed by atoms with E-state index >= 15 is 0 Å². The highest BCUT2D eigenvalue weighted by atomic mass is 16.4. The monoisotopic (exact) mass is 221 g/mol. The van der Waals surface area contributed by atoms with Gasteiger partial charge in [0.15, 0.2) is 0 Å². The standard InChI is InChI=1S/C9H7N3O4/c13-6(14)4-5-2-1-3-9(8(15)16)7(5)10-12-11-9/h1-3H,4H2,(H,13,14)(H,15,16). The second-order valence-electron chi connectivity index (χ2n) is 3.33. The van der Waals surface area contributed by atoms with E-state index in [0.717, 1.165) is 0 Å². The first kappa shape index (κ1) is 10.2. The maximum Gasteiger partial charge on any atom is 0.344 e. The fourth-order valence-electron chi connectivity index (χ4n) is 1.59. The van der Waals surface area contributed by atoms with E-state index in [-0.39, 0.29) is 12.1 Å². The van der Waals surface area contributed by atoms with Crippen molar-refractivity contribution >= 4 is 17.7 Å². The van der Waals surface area contributed by atoms with Crippen LogP contribution in [0.4, 0.5) is 0 Å². The lowest BCUT2D eigenvalue weighted by molar-refractivity contribution is -0.139. The van der Waals surface area contributed by atoms with E-state index in [4.69, 9.17) is 10.2 Å². The van der Waals surface area contributed by atoms with Crippen molar-refractivity contribution in [2.45, 2.75) is 12.0 Å². The van der Waals surface area contributed by atoms with Crippen molar-refractivity contribution in [1.29, 1.82) is 0 Å². The van der Waals surface area contributed by atoms with Gasteiger partial charge in [0, 0.05) is 0 Å². The molecule has 1 aliphatic carbocycles. The molecule has 0 amide bonds. The van der Waals surface area contributed by atoms with Gasteiger partial charge in [0.05, 0.1) is 6.42 Å². The molecule has 2 rings (SSSR count). The number of carboxylic acids is 2. The Morgan fingerprint density at radius 2 is 2.12 bits per heavy atom. The molecular formula is C9H7N3O4. The Morgan fingerprint density at radius 1 is 1.38 bits per heavy atom. The molecular weight excluding hydrogens is 214 g/mol. The molecule has 7 nitrogen and oxygen atoms in total. The predicted molar refractivity (Wildman–Crippen MR) is 52.1 cm³/mol. The fourth-order valence-corrected chi connectivity index (χ4v) is 1.59. The van der Waals surface area contributed by atoms with Gasteiger partial charge in [-0.3, -0.25) is 4.79 Å². The number of allylic oxidation sites excluding steroid dienone is 2. The second kappa shape index (κ2) is 3.37. The van der Waals surface area contributed by atoms with Crippen molar-refractivity contribution in [1.82, 2.24) is 0 Å². The zero-order valence-corrected chi connectivity index (χ0v) is 7.99. The summed E-state index contributed by atoms with van der Waals surface area (Å²) in [5.41, 5.74) is -1.26. The minimum atomic E-state index is -1.64. The van der Waals surface area contributed by atoms with Crippen molar-refractivity contribution in [2.24, 2.45) is 15.4 Å². The van der Waals surface area contributed by atoms with Gasteiger partial charge in [-0.05, 0) is 16.9 Å². The average Bonchev–Trinajstić information content (AvgIpc) is 2.62. The van der Waals surface area contributed by atoms with E-state index in [2.05, 4.69) is 15.4 Å². The number of carboxylic acid groups (broad SMARTS) is 2. The lowest BCUT2D eigenvalue weighted by Gasteiger charge is -2.21. The molecule has 82 valence electrons. The van der Waals surface area contributed by atoms with Gasteiger partial charge in [-0.15, -0.1) is 10.2 Å². The highest BCUT2D eigenvalue weighted by molar-refractivity contribution is 6.23. The first-order valence-electron chi connectivity index (χ1n) is 4.40. The van der Waals surface area contributed by atoms with E-state index in [1.54, 1.807) is 0 Å². The van der Waals surface area contributed by atoms with Gasteiger partial charge < -0.3 is 10.2 Å². The molecule has 2 aliphatic rings. The van der Waals surface area contributed by atoms with E-state index < -0.39 is 17.5 Å². The average molecular weight is 221 g/mol. The molecule has 2 N–H and O–H groups in total. The predicted octanol–water partition coefficient (Wildman–Crippen LogP) is 0.603. The number of carbonyl (C=O) groups is 2. The maximum absolute atomic E-state index is 11.1. The second-order valence-corrected chi connectivity index (χ2v) is 3.33. The largest absolute Gasteiger partial charge is 0.481 e. The number of hydrogen-bond donors (Lipinski definition) is 2. The summed E-state index contributed by atoms with van der Waals surface area (Å²) in [6.45, 7) is 0. The van der Waals surface area contributed by atoms with Crippen LogP contribution in [0.3, 0.4) is 0 Å². The van der Waals surface area contributed by atoms with Crippen molar-refractivity contribution < 1.29 is 19.8 Å². The molecule has 0 saturated heterocycles. The van der Waals surface area contributed by atoms with Crippen LogP contribution in [0, 0.1) is 0 Å². The zero-order valence-electron chi connectivity index (χ0n) is 7.99. The summed E-state index contributed by atoms with van der Waals surface area (Å²) < 4.78 is 0. The molecule has 0 bridgehead atoms. The molecule has 7 heteroatoms. The molecule has 0 aromatic rings. The van der Waals surface area contributed by atoms with Crippen molar-refractivity contribution in [2.75, 3.05) is 0 Å². The Labute approximate surface area is 89.5 Å². The molecule has 1 aliphatic heterocycles. The van der Waals surface area contributed by atoms with Crippen LogP contribution in [0.25, 0.3) is 0 Å². The third-order valence-electron chi connectivity index (χ3n) is 2.31. The van der Waals surface area contributed by atoms with E-state index in [0.29, 0.717) is 5.57 Å². The summed E-state index contributed by atoms with van der Waals surface area (Å²) in [5.74, 6) is -2.28. The van der Waals surface area contributed by atoms with Gasteiger partial charge in [0.1, 0.15) is 5.71 Å². The SMILES string of the molecule is O=C(O)CC1=CC=CC2(C(=O)O)N=NN=C12. The first-order valence-corrected chi connectivity index (χ1v) is 4.40. The molecule has 0 aromatic heterocycles. The Morgan fingerprint density at radius 3 is 2.75 bits per heavy atom. The summed E-state index contributed by atoms with van der Waals surface area (Å²) in [4.78, 5) is 21.7. The van der Waals surface area contributed by atoms with Crippen LogP contribution in [0.15, 0.2) is 39.2 Å². The zero-order chi connectivity index (χ0) is 11.8. The van der Waals surface area contributed by atoms with Crippen LogP contribution in [-0.2, 0) is 9.59 Å². The Bertz CT molecular complexity index is 489. The highest BCUT2D eigenvalue weighted by Gasteiger charge is 2.47. The highest BCUT2D eigenvalue weighted by Crippen LogP contribution is 2.31. The molecule has 1 atom stereocenters. The Kier molecular flexibility index (Phi) is 2.15. The molecule has 0 fully saturated rings. The summed E-state index contributed by atoms with van der Waals surface area (Å²) in [6, 6.07) is 0. The molecule has 1 unspecified atom stereocenters. The number of hydrogen-bond acceptors (Lipinski definition) is 5. The molecule has 0 saturated carbocycles. The minimum Gasteiger partial charge on any atom is -0.481 e. The van der Waals surface area contributed by atoms with Gasteiger partial charge in [0.25, 0.3) is 0 Å². The molecule has 16 heavy (non-hydrogen) atoms. The topological polar surface area (TPSA) is 112 Å². The smallest absolute Gasteiger partial charge is 0.344 e. The van der Waals surface area contributed by atoms with Crippen LogP contribution in [0.2, 0.25) is 0 Å². The number of aliphatic carboxylic acids is 2. The van der Waals surface area contributed by atoms with Gasteiger partial charge in [0.2, 0.25) is 5.54 Å². The van der Waals surface area contributed by atoms with Crippen molar-refractivity contribution in [3.05, 3.63) is 23.8 Å². The number of nitrogens with zero attached hydrogens (tertiary/aromatic N) is 3. The number of rotatable bonds is 3. The summed E-state index contributed by atoms with van der Waals surface area (Å²) in [5, 5.41) is 28.2. The fraction of sp³-hybridized carbons (Fsp3) is 0.222. The molecule has 0 aromatic carbocycles. The van der Waals surface area contributed by atoms with Crippen LogP contribution in [0.5, 0.6) is 0 Å². The third kappa shape index (κ3) is 1.33. The number of fused-ring (bicyclic) bond motifs is 1. The van der Waals surface area contributed by atoms with Crippen LogP contribution >= 0.6 is 0 Å². The molecule has 0 spiro atoms. The lowest BCUT2D eigenvalue weighted by atomic mass is 9.84. The minimum absolute atomic E-state index is 0.0740. The maximum atomic E-state index is 11.1. The van der Waals surface area contributed by atoms with Crippen molar-refractivity contribution in [3.8, 4) is 0 Å². The van der Waals surface area contributed by atoms with Crippen molar-refractivity contribution in [3.63, 3.8) is 0 Å². The van der Waals surface area contributed by atoms with E-state index in [1.165, 1.54) is 18.2 Å². The van der Waals surface area contributed by atoms with E-state index in [9.17, 15) is 9.59 Å². The van der Waals surface area contributed by atoms with Crippen LogP contribution < -0.4 is 0 Å². The quantitative estimate of drug-likeness (QED) is 0.726. The molecule has 0 radical (unpaired) electrons. The summed E-state index contributed by atoms with van der Waals surface area (Å²) in [7, 11) is 0. The Balaban J connectivity index is 2.42.